The molecule has 1 aromatic carbocycles. The Morgan fingerprint density at radius 3 is 2.80 bits per heavy atom. The second kappa shape index (κ2) is 9.78. The maximum atomic E-state index is 12.7. The predicted octanol–water partition coefficient (Wildman–Crippen LogP) is 4.62. The molecule has 1 heterocycles. The van der Waals surface area contributed by atoms with Crippen molar-refractivity contribution in [2.45, 2.75) is 25.7 Å². The fraction of sp³-hybridized carbons (Fsp3) is 0.261. The summed E-state index contributed by atoms with van der Waals surface area (Å²) < 4.78 is 10.8. The molecule has 0 atom stereocenters. The molecule has 0 saturated heterocycles. The lowest BCUT2D eigenvalue weighted by atomic mass is 9.96. The molecule has 30 heavy (non-hydrogen) atoms. The molecule has 1 aromatic heterocycles. The van der Waals surface area contributed by atoms with Crippen LogP contribution < -0.4 is 14.8 Å². The summed E-state index contributed by atoms with van der Waals surface area (Å²) >= 11 is 1.43. The zero-order valence-corrected chi connectivity index (χ0v) is 17.5. The van der Waals surface area contributed by atoms with Crippen molar-refractivity contribution < 1.29 is 14.3 Å². The van der Waals surface area contributed by atoms with Gasteiger partial charge in [-0.2, -0.15) is 10.5 Å². The van der Waals surface area contributed by atoms with Crippen LogP contribution in [0.3, 0.4) is 0 Å². The van der Waals surface area contributed by atoms with Crippen molar-refractivity contribution in [3.05, 3.63) is 58.0 Å². The highest BCUT2D eigenvalue weighted by atomic mass is 32.1. The molecule has 0 radical (unpaired) electrons. The van der Waals surface area contributed by atoms with E-state index in [4.69, 9.17) is 9.47 Å². The molecule has 0 spiro atoms. The molecule has 0 aliphatic heterocycles. The van der Waals surface area contributed by atoms with Gasteiger partial charge in [-0.05, 0) is 55.0 Å². The second-order valence-corrected chi connectivity index (χ2v) is 7.77. The fourth-order valence-electron chi connectivity index (χ4n) is 3.30. The van der Waals surface area contributed by atoms with Gasteiger partial charge in [0.15, 0.2) is 11.5 Å². The third kappa shape index (κ3) is 4.53. The van der Waals surface area contributed by atoms with E-state index < -0.39 is 5.91 Å². The summed E-state index contributed by atoms with van der Waals surface area (Å²) in [5.74, 6) is 0.486. The normalized spacial score (nSPS) is 12.8. The van der Waals surface area contributed by atoms with Crippen LogP contribution in [0.25, 0.3) is 6.08 Å². The van der Waals surface area contributed by atoms with E-state index in [2.05, 4.69) is 18.0 Å². The quantitative estimate of drug-likeness (QED) is 0.401. The molecule has 0 fully saturated rings. The highest BCUT2D eigenvalue weighted by Gasteiger charge is 2.22. The van der Waals surface area contributed by atoms with Crippen molar-refractivity contribution in [3.8, 4) is 23.6 Å². The van der Waals surface area contributed by atoms with Gasteiger partial charge in [0, 0.05) is 4.88 Å². The van der Waals surface area contributed by atoms with Gasteiger partial charge in [-0.25, -0.2) is 0 Å². The Bertz CT molecular complexity index is 1090. The monoisotopic (exact) mass is 419 g/mol. The molecule has 0 unspecified atom stereocenters. The van der Waals surface area contributed by atoms with Gasteiger partial charge in [0.2, 0.25) is 0 Å². The van der Waals surface area contributed by atoms with E-state index in [9.17, 15) is 15.3 Å². The van der Waals surface area contributed by atoms with E-state index >= 15 is 0 Å². The average molecular weight is 420 g/mol. The van der Waals surface area contributed by atoms with E-state index in [0.29, 0.717) is 34.2 Å². The Morgan fingerprint density at radius 1 is 1.30 bits per heavy atom. The van der Waals surface area contributed by atoms with Crippen LogP contribution >= 0.6 is 11.3 Å². The molecule has 152 valence electrons. The molecule has 1 amide bonds. The molecular weight excluding hydrogens is 398 g/mol. The zero-order chi connectivity index (χ0) is 21.5. The Kier molecular flexibility index (Phi) is 6.90. The van der Waals surface area contributed by atoms with Gasteiger partial charge < -0.3 is 14.8 Å². The van der Waals surface area contributed by atoms with E-state index in [-0.39, 0.29) is 5.57 Å². The van der Waals surface area contributed by atoms with Crippen LogP contribution in [0.2, 0.25) is 0 Å². The molecule has 2 aromatic rings. The zero-order valence-electron chi connectivity index (χ0n) is 16.7. The lowest BCUT2D eigenvalue weighted by molar-refractivity contribution is -0.112. The van der Waals surface area contributed by atoms with Crippen molar-refractivity contribution >= 4 is 28.3 Å². The Labute approximate surface area is 179 Å². The minimum atomic E-state index is -0.543. The van der Waals surface area contributed by atoms with Crippen LogP contribution in [0.15, 0.2) is 36.4 Å². The number of hydrogen-bond donors (Lipinski definition) is 1. The SMILES string of the molecule is C=CCOc1ccc(/C=C(\C#N)C(=O)Nc2sc3c(c2C#N)CCCC3)cc1OC. The van der Waals surface area contributed by atoms with Crippen molar-refractivity contribution in [3.63, 3.8) is 0 Å². The van der Waals surface area contributed by atoms with Gasteiger partial charge in [0.05, 0.1) is 12.7 Å². The number of rotatable bonds is 7. The van der Waals surface area contributed by atoms with Crippen molar-refractivity contribution in [1.29, 1.82) is 10.5 Å². The highest BCUT2D eigenvalue weighted by molar-refractivity contribution is 7.16. The maximum absolute atomic E-state index is 12.7. The number of carbonyl (C=O) groups is 1. The van der Waals surface area contributed by atoms with Gasteiger partial charge in [0.1, 0.15) is 29.3 Å². The van der Waals surface area contributed by atoms with E-state index in [1.54, 1.807) is 24.3 Å². The fourth-order valence-corrected chi connectivity index (χ4v) is 4.53. The van der Waals surface area contributed by atoms with Crippen molar-refractivity contribution in [2.75, 3.05) is 19.0 Å². The molecule has 6 nitrogen and oxygen atoms in total. The largest absolute Gasteiger partial charge is 0.493 e. The first-order valence-electron chi connectivity index (χ1n) is 9.50. The van der Waals surface area contributed by atoms with Crippen LogP contribution in [0.5, 0.6) is 11.5 Å². The lowest BCUT2D eigenvalue weighted by Gasteiger charge is -2.10. The summed E-state index contributed by atoms with van der Waals surface area (Å²) in [7, 11) is 1.52. The first-order valence-corrected chi connectivity index (χ1v) is 10.3. The van der Waals surface area contributed by atoms with Crippen LogP contribution in [0.1, 0.15) is 34.4 Å². The Balaban J connectivity index is 1.84. The summed E-state index contributed by atoms with van der Waals surface area (Å²) in [5.41, 5.74) is 2.11. The third-order valence-corrected chi connectivity index (χ3v) is 5.94. The number of amides is 1. The lowest BCUT2D eigenvalue weighted by Crippen LogP contribution is -2.13. The number of nitrogens with zero attached hydrogens (tertiary/aromatic N) is 2. The molecule has 0 bridgehead atoms. The number of ether oxygens (including phenoxy) is 2. The standard InChI is InChI=1S/C23H21N3O3S/c1-3-10-29-19-9-8-15(12-20(19)28-2)11-16(13-24)22(27)26-23-18(14-25)17-6-4-5-7-21(17)30-23/h3,8-9,11-12H,1,4-7,10H2,2H3,(H,26,27)/b16-11+. The minimum absolute atomic E-state index is 0.0629. The van der Waals surface area contributed by atoms with E-state index in [1.807, 2.05) is 6.07 Å². The number of methoxy groups -OCH3 is 1. The number of hydrogen-bond acceptors (Lipinski definition) is 6. The van der Waals surface area contributed by atoms with E-state index in [1.165, 1.54) is 24.5 Å². The maximum Gasteiger partial charge on any atom is 0.266 e. The molecule has 1 N–H and O–H groups in total. The third-order valence-electron chi connectivity index (χ3n) is 4.73. The van der Waals surface area contributed by atoms with Crippen LogP contribution in [-0.4, -0.2) is 19.6 Å². The van der Waals surface area contributed by atoms with Crippen molar-refractivity contribution in [1.82, 2.24) is 0 Å². The van der Waals surface area contributed by atoms with Gasteiger partial charge in [-0.3, -0.25) is 4.79 Å². The number of nitriles is 2. The number of aryl methyl sites for hydroxylation is 1. The second-order valence-electron chi connectivity index (χ2n) is 6.66. The van der Waals surface area contributed by atoms with Gasteiger partial charge in [-0.15, -0.1) is 11.3 Å². The molecule has 3 rings (SSSR count). The summed E-state index contributed by atoms with van der Waals surface area (Å²) in [6.45, 7) is 3.95. The average Bonchev–Trinajstić information content (AvgIpc) is 3.12. The smallest absolute Gasteiger partial charge is 0.266 e. The summed E-state index contributed by atoms with van der Waals surface area (Å²) in [6, 6.07) is 9.28. The first-order chi connectivity index (χ1) is 14.6. The first kappa shape index (κ1) is 21.2. The minimum Gasteiger partial charge on any atom is -0.493 e. The predicted molar refractivity (Wildman–Crippen MR) is 117 cm³/mol. The molecule has 1 aliphatic rings. The topological polar surface area (TPSA) is 95.1 Å². The molecule has 1 aliphatic carbocycles. The van der Waals surface area contributed by atoms with Crippen LogP contribution in [0.4, 0.5) is 5.00 Å². The summed E-state index contributed by atoms with van der Waals surface area (Å²) in [5, 5.41) is 22.3. The number of anilines is 1. The number of benzene rings is 1. The number of thiophene rings is 1. The van der Waals surface area contributed by atoms with E-state index in [0.717, 1.165) is 36.1 Å². The number of nitrogens with one attached hydrogen (secondary N) is 1. The summed E-state index contributed by atoms with van der Waals surface area (Å²) in [6.07, 6.45) is 7.02. The Morgan fingerprint density at radius 2 is 2.10 bits per heavy atom. The molecule has 0 saturated carbocycles. The van der Waals surface area contributed by atoms with Gasteiger partial charge in [-0.1, -0.05) is 18.7 Å². The number of carbonyl (C=O) groups excluding carboxylic acids is 1. The summed E-state index contributed by atoms with van der Waals surface area (Å²) in [4.78, 5) is 13.9. The van der Waals surface area contributed by atoms with Crippen molar-refractivity contribution in [2.24, 2.45) is 0 Å². The van der Waals surface area contributed by atoms with Crippen LogP contribution in [0, 0.1) is 22.7 Å². The Hall–Kier alpha value is -3.55. The molecular formula is C23H21N3O3S. The molecule has 7 heteroatoms. The van der Waals surface area contributed by atoms with Crippen LogP contribution in [-0.2, 0) is 17.6 Å². The van der Waals surface area contributed by atoms with Gasteiger partial charge in [0.25, 0.3) is 5.91 Å². The highest BCUT2D eigenvalue weighted by Crippen LogP contribution is 2.38. The number of fused-ring (bicyclic) bond motifs is 1. The van der Waals surface area contributed by atoms with Gasteiger partial charge >= 0.3 is 0 Å².